The van der Waals surface area contributed by atoms with Crippen molar-refractivity contribution in [3.8, 4) is 5.75 Å². The molecule has 2 heterocycles. The lowest BCUT2D eigenvalue weighted by atomic mass is 9.95. The molecule has 0 saturated heterocycles. The van der Waals surface area contributed by atoms with Gasteiger partial charge in [0.1, 0.15) is 5.75 Å². The Balaban J connectivity index is 1.78. The van der Waals surface area contributed by atoms with Crippen molar-refractivity contribution in [2.24, 2.45) is 0 Å². The highest BCUT2D eigenvalue weighted by molar-refractivity contribution is 5.39. The van der Waals surface area contributed by atoms with E-state index < -0.39 is 0 Å². The molecule has 0 N–H and O–H groups in total. The van der Waals surface area contributed by atoms with Crippen LogP contribution in [-0.4, -0.2) is 22.6 Å². The summed E-state index contributed by atoms with van der Waals surface area (Å²) in [6, 6.07) is 20.0. The first kappa shape index (κ1) is 18.8. The van der Waals surface area contributed by atoms with Gasteiger partial charge in [-0.05, 0) is 56.5 Å². The Kier molecular flexibility index (Phi) is 5.54. The molecule has 0 amide bonds. The fourth-order valence-electron chi connectivity index (χ4n) is 4.37. The predicted molar refractivity (Wildman–Crippen MR) is 115 cm³/mol. The van der Waals surface area contributed by atoms with E-state index in [1.54, 1.807) is 0 Å². The highest BCUT2D eigenvalue weighted by atomic mass is 16.5. The quantitative estimate of drug-likeness (QED) is 0.587. The van der Waals surface area contributed by atoms with E-state index in [0.29, 0.717) is 6.61 Å². The van der Waals surface area contributed by atoms with E-state index in [9.17, 15) is 0 Å². The SMILES string of the molecule is CCOc1ccccc1CN1CCCn2cccc2[C@@H]1c1cc(C)ccc1C. The fourth-order valence-corrected chi connectivity index (χ4v) is 4.37. The summed E-state index contributed by atoms with van der Waals surface area (Å²) >= 11 is 0. The molecule has 146 valence electrons. The lowest BCUT2D eigenvalue weighted by molar-refractivity contribution is 0.215. The zero-order valence-corrected chi connectivity index (χ0v) is 17.2. The molecule has 0 aliphatic carbocycles. The van der Waals surface area contributed by atoms with E-state index in [4.69, 9.17) is 4.74 Å². The number of benzene rings is 2. The Morgan fingerprint density at radius 3 is 2.71 bits per heavy atom. The highest BCUT2D eigenvalue weighted by Gasteiger charge is 2.29. The molecule has 28 heavy (non-hydrogen) atoms. The van der Waals surface area contributed by atoms with Crippen molar-refractivity contribution < 1.29 is 4.74 Å². The van der Waals surface area contributed by atoms with Crippen molar-refractivity contribution in [1.82, 2.24) is 9.47 Å². The maximum Gasteiger partial charge on any atom is 0.123 e. The molecule has 0 fully saturated rings. The monoisotopic (exact) mass is 374 g/mol. The molecule has 1 atom stereocenters. The number of aryl methyl sites for hydroxylation is 3. The average Bonchev–Trinajstić information content (AvgIpc) is 3.08. The predicted octanol–water partition coefficient (Wildman–Crippen LogP) is 5.50. The summed E-state index contributed by atoms with van der Waals surface area (Å²) in [7, 11) is 0. The number of ether oxygens (including phenoxy) is 1. The van der Waals surface area contributed by atoms with Gasteiger partial charge in [-0.3, -0.25) is 4.90 Å². The standard InChI is InChI=1S/C25H30N2O/c1-4-28-24-11-6-5-9-21(24)18-27-16-8-15-26-14-7-10-23(26)25(27)22-17-19(2)12-13-20(22)3/h5-7,9-14,17,25H,4,8,15-16,18H2,1-3H3/t25-/m0/s1. The molecule has 0 saturated carbocycles. The van der Waals surface area contributed by atoms with Crippen molar-refractivity contribution in [1.29, 1.82) is 0 Å². The smallest absolute Gasteiger partial charge is 0.123 e. The molecule has 3 nitrogen and oxygen atoms in total. The van der Waals surface area contributed by atoms with Gasteiger partial charge in [-0.25, -0.2) is 0 Å². The zero-order chi connectivity index (χ0) is 19.5. The van der Waals surface area contributed by atoms with E-state index in [1.807, 2.05) is 0 Å². The van der Waals surface area contributed by atoms with Gasteiger partial charge in [-0.1, -0.05) is 42.0 Å². The number of fused-ring (bicyclic) bond motifs is 1. The average molecular weight is 375 g/mol. The molecule has 0 unspecified atom stereocenters. The largest absolute Gasteiger partial charge is 0.494 e. The third-order valence-corrected chi connectivity index (χ3v) is 5.73. The van der Waals surface area contributed by atoms with Crippen LogP contribution in [-0.2, 0) is 13.1 Å². The molecule has 1 aromatic heterocycles. The second kappa shape index (κ2) is 8.24. The Morgan fingerprint density at radius 1 is 1.00 bits per heavy atom. The van der Waals surface area contributed by atoms with Crippen molar-refractivity contribution in [3.05, 3.63) is 88.7 Å². The second-order valence-corrected chi connectivity index (χ2v) is 7.75. The topological polar surface area (TPSA) is 17.4 Å². The van der Waals surface area contributed by atoms with Gasteiger partial charge >= 0.3 is 0 Å². The number of rotatable bonds is 5. The minimum absolute atomic E-state index is 0.257. The summed E-state index contributed by atoms with van der Waals surface area (Å²) in [5.41, 5.74) is 6.74. The van der Waals surface area contributed by atoms with Crippen LogP contribution in [0, 0.1) is 13.8 Å². The molecule has 3 heteroatoms. The van der Waals surface area contributed by atoms with Crippen molar-refractivity contribution >= 4 is 0 Å². The van der Waals surface area contributed by atoms with Crippen LogP contribution >= 0.6 is 0 Å². The van der Waals surface area contributed by atoms with Crippen LogP contribution in [0.3, 0.4) is 0 Å². The van der Waals surface area contributed by atoms with Crippen LogP contribution < -0.4 is 4.74 Å². The molecule has 0 spiro atoms. The minimum Gasteiger partial charge on any atom is -0.494 e. The van der Waals surface area contributed by atoms with Crippen molar-refractivity contribution in [2.45, 2.75) is 46.3 Å². The van der Waals surface area contributed by atoms with Crippen LogP contribution in [0.1, 0.15) is 47.3 Å². The summed E-state index contributed by atoms with van der Waals surface area (Å²) in [6.07, 6.45) is 3.38. The Bertz CT molecular complexity index is 943. The Labute approximate surface area is 168 Å². The molecule has 0 radical (unpaired) electrons. The molecule has 2 aromatic carbocycles. The molecule has 4 rings (SSSR count). The Morgan fingerprint density at radius 2 is 1.86 bits per heavy atom. The molecule has 3 aromatic rings. The zero-order valence-electron chi connectivity index (χ0n) is 17.2. The molecule has 1 aliphatic rings. The summed E-state index contributed by atoms with van der Waals surface area (Å²) < 4.78 is 8.35. The van der Waals surface area contributed by atoms with Gasteiger partial charge < -0.3 is 9.30 Å². The number of para-hydroxylation sites is 1. The normalized spacial score (nSPS) is 17.2. The third-order valence-electron chi connectivity index (χ3n) is 5.73. The molecule has 0 bridgehead atoms. The Hall–Kier alpha value is -2.52. The maximum atomic E-state index is 5.92. The van der Waals surface area contributed by atoms with E-state index >= 15 is 0 Å². The van der Waals surface area contributed by atoms with Gasteiger partial charge in [0, 0.05) is 37.1 Å². The first-order chi connectivity index (χ1) is 13.7. The van der Waals surface area contributed by atoms with Crippen LogP contribution in [0.4, 0.5) is 0 Å². The van der Waals surface area contributed by atoms with Crippen LogP contribution in [0.25, 0.3) is 0 Å². The van der Waals surface area contributed by atoms with Crippen molar-refractivity contribution in [2.75, 3.05) is 13.2 Å². The number of hydrogen-bond acceptors (Lipinski definition) is 2. The summed E-state index contributed by atoms with van der Waals surface area (Å²) in [4.78, 5) is 2.62. The lowest BCUT2D eigenvalue weighted by Gasteiger charge is -2.32. The number of aromatic nitrogens is 1. The number of hydrogen-bond donors (Lipinski definition) is 0. The minimum atomic E-state index is 0.257. The maximum absolute atomic E-state index is 5.92. The second-order valence-electron chi connectivity index (χ2n) is 7.75. The lowest BCUT2D eigenvalue weighted by Crippen LogP contribution is -2.30. The first-order valence-electron chi connectivity index (χ1n) is 10.3. The summed E-state index contributed by atoms with van der Waals surface area (Å²) in [5, 5.41) is 0. The summed E-state index contributed by atoms with van der Waals surface area (Å²) in [6.45, 7) is 10.2. The van der Waals surface area contributed by atoms with Crippen molar-refractivity contribution in [3.63, 3.8) is 0 Å². The van der Waals surface area contributed by atoms with E-state index in [-0.39, 0.29) is 6.04 Å². The van der Waals surface area contributed by atoms with Gasteiger partial charge in [-0.15, -0.1) is 0 Å². The van der Waals surface area contributed by atoms with Gasteiger partial charge in [-0.2, -0.15) is 0 Å². The number of nitrogens with zero attached hydrogens (tertiary/aromatic N) is 2. The van der Waals surface area contributed by atoms with Gasteiger partial charge in [0.25, 0.3) is 0 Å². The van der Waals surface area contributed by atoms with E-state index in [2.05, 4.69) is 91.0 Å². The molecule has 1 aliphatic heterocycles. The fraction of sp³-hybridized carbons (Fsp3) is 0.360. The van der Waals surface area contributed by atoms with Gasteiger partial charge in [0.05, 0.1) is 12.6 Å². The van der Waals surface area contributed by atoms with E-state index in [0.717, 1.165) is 31.8 Å². The van der Waals surface area contributed by atoms with Crippen LogP contribution in [0.15, 0.2) is 60.8 Å². The van der Waals surface area contributed by atoms with E-state index in [1.165, 1.54) is 27.9 Å². The van der Waals surface area contributed by atoms with Gasteiger partial charge in [0.2, 0.25) is 0 Å². The van der Waals surface area contributed by atoms with Gasteiger partial charge in [0.15, 0.2) is 0 Å². The highest BCUT2D eigenvalue weighted by Crippen LogP contribution is 2.36. The molecular formula is C25H30N2O. The molecular weight excluding hydrogens is 344 g/mol. The van der Waals surface area contributed by atoms with Crippen LogP contribution in [0.5, 0.6) is 5.75 Å². The first-order valence-corrected chi connectivity index (χ1v) is 10.3. The third kappa shape index (κ3) is 3.72. The van der Waals surface area contributed by atoms with Crippen LogP contribution in [0.2, 0.25) is 0 Å². The summed E-state index contributed by atoms with van der Waals surface area (Å²) in [5.74, 6) is 1.00.